The SMILES string of the molecule is Nc1c[nH]c(C(=O)Nc2c(F)cc(F)cc2Cl)c1. The average molecular weight is 272 g/mol. The second-order valence-corrected chi connectivity index (χ2v) is 3.95. The van der Waals surface area contributed by atoms with Crippen LogP contribution in [0.3, 0.4) is 0 Å². The molecule has 1 amide bonds. The molecule has 4 nitrogen and oxygen atoms in total. The van der Waals surface area contributed by atoms with E-state index in [1.165, 1.54) is 12.3 Å². The molecule has 0 aliphatic heterocycles. The van der Waals surface area contributed by atoms with E-state index in [9.17, 15) is 13.6 Å². The van der Waals surface area contributed by atoms with Crippen LogP contribution in [-0.2, 0) is 0 Å². The quantitative estimate of drug-likeness (QED) is 0.786. The number of aromatic amines is 1. The van der Waals surface area contributed by atoms with Crippen LogP contribution in [0.5, 0.6) is 0 Å². The van der Waals surface area contributed by atoms with E-state index in [1.807, 2.05) is 0 Å². The number of carbonyl (C=O) groups is 1. The van der Waals surface area contributed by atoms with E-state index in [2.05, 4.69) is 10.3 Å². The van der Waals surface area contributed by atoms with Crippen molar-refractivity contribution in [1.82, 2.24) is 4.98 Å². The first-order valence-corrected chi connectivity index (χ1v) is 5.25. The first-order chi connectivity index (χ1) is 8.47. The molecule has 18 heavy (non-hydrogen) atoms. The number of hydrogen-bond donors (Lipinski definition) is 3. The first-order valence-electron chi connectivity index (χ1n) is 4.87. The summed E-state index contributed by atoms with van der Waals surface area (Å²) in [7, 11) is 0. The van der Waals surface area contributed by atoms with Crippen LogP contribution in [0.4, 0.5) is 20.2 Å². The van der Waals surface area contributed by atoms with E-state index in [0.717, 1.165) is 6.07 Å². The highest BCUT2D eigenvalue weighted by Gasteiger charge is 2.15. The highest BCUT2D eigenvalue weighted by molar-refractivity contribution is 6.34. The molecule has 2 aromatic rings. The lowest BCUT2D eigenvalue weighted by Gasteiger charge is -2.07. The van der Waals surface area contributed by atoms with Crippen LogP contribution >= 0.6 is 11.6 Å². The van der Waals surface area contributed by atoms with Gasteiger partial charge in [0.05, 0.1) is 10.7 Å². The number of benzene rings is 1. The maximum Gasteiger partial charge on any atom is 0.272 e. The predicted octanol–water partition coefficient (Wildman–Crippen LogP) is 2.78. The Morgan fingerprint density at radius 1 is 1.33 bits per heavy atom. The Morgan fingerprint density at radius 2 is 2.06 bits per heavy atom. The van der Waals surface area contributed by atoms with Crippen molar-refractivity contribution in [3.05, 3.63) is 46.7 Å². The Bertz CT molecular complexity index is 589. The smallest absolute Gasteiger partial charge is 0.272 e. The second kappa shape index (κ2) is 4.66. The molecule has 0 saturated carbocycles. The van der Waals surface area contributed by atoms with Gasteiger partial charge >= 0.3 is 0 Å². The number of amides is 1. The Labute approximate surface area is 106 Å². The summed E-state index contributed by atoms with van der Waals surface area (Å²) >= 11 is 5.64. The van der Waals surface area contributed by atoms with Gasteiger partial charge in [-0.1, -0.05) is 11.6 Å². The summed E-state index contributed by atoms with van der Waals surface area (Å²) in [6.07, 6.45) is 1.41. The predicted molar refractivity (Wildman–Crippen MR) is 64.5 cm³/mol. The minimum Gasteiger partial charge on any atom is -0.397 e. The van der Waals surface area contributed by atoms with Gasteiger partial charge in [-0.05, 0) is 12.1 Å². The van der Waals surface area contributed by atoms with Gasteiger partial charge in [0, 0.05) is 18.0 Å². The van der Waals surface area contributed by atoms with E-state index in [-0.39, 0.29) is 16.4 Å². The Balaban J connectivity index is 2.27. The maximum absolute atomic E-state index is 13.4. The minimum absolute atomic E-state index is 0.146. The van der Waals surface area contributed by atoms with Crippen molar-refractivity contribution in [2.24, 2.45) is 0 Å². The topological polar surface area (TPSA) is 70.9 Å². The zero-order valence-corrected chi connectivity index (χ0v) is 9.68. The van der Waals surface area contributed by atoms with E-state index >= 15 is 0 Å². The molecule has 0 aliphatic rings. The van der Waals surface area contributed by atoms with Crippen LogP contribution in [0.1, 0.15) is 10.5 Å². The molecule has 0 atom stereocenters. The molecular weight excluding hydrogens is 264 g/mol. The summed E-state index contributed by atoms with van der Waals surface area (Å²) in [4.78, 5) is 14.3. The fourth-order valence-electron chi connectivity index (χ4n) is 1.38. The molecule has 1 heterocycles. The Hall–Kier alpha value is -2.08. The van der Waals surface area contributed by atoms with Crippen molar-refractivity contribution in [2.45, 2.75) is 0 Å². The van der Waals surface area contributed by atoms with Gasteiger partial charge in [-0.25, -0.2) is 8.78 Å². The zero-order chi connectivity index (χ0) is 13.3. The number of aromatic nitrogens is 1. The van der Waals surface area contributed by atoms with Gasteiger partial charge in [0.15, 0.2) is 5.82 Å². The van der Waals surface area contributed by atoms with Crippen molar-refractivity contribution in [3.63, 3.8) is 0 Å². The summed E-state index contributed by atoms with van der Waals surface area (Å²) in [5.74, 6) is -2.40. The number of carbonyl (C=O) groups excluding carboxylic acids is 1. The number of halogens is 3. The lowest BCUT2D eigenvalue weighted by Crippen LogP contribution is -2.14. The Morgan fingerprint density at radius 3 is 2.61 bits per heavy atom. The summed E-state index contributed by atoms with van der Waals surface area (Å²) < 4.78 is 26.2. The standard InChI is InChI=1S/C11H8ClF2N3O/c12-7-1-5(13)2-8(14)10(7)17-11(18)9-3-6(15)4-16-9/h1-4,16H,15H2,(H,17,18). The maximum atomic E-state index is 13.4. The van der Waals surface area contributed by atoms with Gasteiger partial charge in [-0.15, -0.1) is 0 Å². The fourth-order valence-corrected chi connectivity index (χ4v) is 1.63. The van der Waals surface area contributed by atoms with E-state index in [0.29, 0.717) is 11.8 Å². The first kappa shape index (κ1) is 12.4. The summed E-state index contributed by atoms with van der Waals surface area (Å²) in [5, 5.41) is 2.01. The highest BCUT2D eigenvalue weighted by atomic mass is 35.5. The number of anilines is 2. The fraction of sp³-hybridized carbons (Fsp3) is 0. The van der Waals surface area contributed by atoms with Gasteiger partial charge in [0.1, 0.15) is 11.5 Å². The molecule has 0 saturated heterocycles. The number of rotatable bonds is 2. The molecule has 0 bridgehead atoms. The molecule has 0 radical (unpaired) electrons. The van der Waals surface area contributed by atoms with Gasteiger partial charge in [-0.3, -0.25) is 4.79 Å². The molecule has 0 aliphatic carbocycles. The van der Waals surface area contributed by atoms with Crippen LogP contribution in [0.15, 0.2) is 24.4 Å². The number of nitrogen functional groups attached to an aromatic ring is 1. The second-order valence-electron chi connectivity index (χ2n) is 3.55. The molecule has 0 spiro atoms. The highest BCUT2D eigenvalue weighted by Crippen LogP contribution is 2.26. The largest absolute Gasteiger partial charge is 0.397 e. The number of nitrogens with two attached hydrogens (primary N) is 1. The molecule has 4 N–H and O–H groups in total. The van der Waals surface area contributed by atoms with Crippen molar-refractivity contribution in [1.29, 1.82) is 0 Å². The molecule has 94 valence electrons. The van der Waals surface area contributed by atoms with Crippen molar-refractivity contribution in [2.75, 3.05) is 11.1 Å². The molecule has 7 heteroatoms. The summed E-state index contributed by atoms with van der Waals surface area (Å²) in [5.41, 5.74) is 5.66. The third-order valence-corrected chi connectivity index (χ3v) is 2.49. The average Bonchev–Trinajstić information content (AvgIpc) is 2.70. The third-order valence-electron chi connectivity index (χ3n) is 2.20. The third kappa shape index (κ3) is 2.43. The van der Waals surface area contributed by atoms with Gasteiger partial charge in [0.2, 0.25) is 0 Å². The van der Waals surface area contributed by atoms with E-state index in [4.69, 9.17) is 17.3 Å². The number of hydrogen-bond acceptors (Lipinski definition) is 2. The van der Waals surface area contributed by atoms with Gasteiger partial charge in [0.25, 0.3) is 5.91 Å². The molecular formula is C11H8ClF2N3O. The molecule has 0 unspecified atom stereocenters. The van der Waals surface area contributed by atoms with Gasteiger partial charge in [-0.2, -0.15) is 0 Å². The number of nitrogens with one attached hydrogen (secondary N) is 2. The zero-order valence-electron chi connectivity index (χ0n) is 8.93. The van der Waals surface area contributed by atoms with Crippen molar-refractivity contribution < 1.29 is 13.6 Å². The van der Waals surface area contributed by atoms with E-state index < -0.39 is 17.5 Å². The van der Waals surface area contributed by atoms with Crippen LogP contribution in [0.2, 0.25) is 5.02 Å². The summed E-state index contributed by atoms with van der Waals surface area (Å²) in [6.45, 7) is 0. The van der Waals surface area contributed by atoms with Crippen molar-refractivity contribution >= 4 is 28.9 Å². The minimum atomic E-state index is -0.951. The van der Waals surface area contributed by atoms with Crippen molar-refractivity contribution in [3.8, 4) is 0 Å². The molecule has 2 rings (SSSR count). The molecule has 1 aromatic heterocycles. The summed E-state index contributed by atoms with van der Waals surface area (Å²) in [6, 6.07) is 2.92. The molecule has 0 fully saturated rings. The Kier molecular flexibility index (Phi) is 3.20. The lowest BCUT2D eigenvalue weighted by atomic mass is 10.2. The van der Waals surface area contributed by atoms with E-state index in [1.54, 1.807) is 0 Å². The normalized spacial score (nSPS) is 10.4. The van der Waals surface area contributed by atoms with Crippen LogP contribution < -0.4 is 11.1 Å². The number of H-pyrrole nitrogens is 1. The van der Waals surface area contributed by atoms with Crippen LogP contribution in [-0.4, -0.2) is 10.9 Å². The molecule has 1 aromatic carbocycles. The lowest BCUT2D eigenvalue weighted by molar-refractivity contribution is 0.102. The monoisotopic (exact) mass is 271 g/mol. The van der Waals surface area contributed by atoms with Gasteiger partial charge < -0.3 is 16.0 Å². The van der Waals surface area contributed by atoms with Crippen LogP contribution in [0.25, 0.3) is 0 Å². The van der Waals surface area contributed by atoms with Crippen LogP contribution in [0, 0.1) is 11.6 Å².